The van der Waals surface area contributed by atoms with Gasteiger partial charge in [0.1, 0.15) is 6.04 Å². The number of rotatable bonds is 5. The molecule has 1 amide bonds. The van der Waals surface area contributed by atoms with Gasteiger partial charge < -0.3 is 5.41 Å². The van der Waals surface area contributed by atoms with Gasteiger partial charge >= 0.3 is 0 Å². The molecule has 136 valence electrons. The Kier molecular flexibility index (Phi) is 5.81. The summed E-state index contributed by atoms with van der Waals surface area (Å²) in [7, 11) is 0. The van der Waals surface area contributed by atoms with Crippen molar-refractivity contribution in [1.29, 1.82) is 5.41 Å². The predicted molar refractivity (Wildman–Crippen MR) is 103 cm³/mol. The normalized spacial score (nSPS) is 16.8. The zero-order chi connectivity index (χ0) is 18.5. The SMILES string of the molecule is CC(=N)C(C(=O)NO)N1CCC(c2ccc(-c3ccccc3)cc2)CC1. The summed E-state index contributed by atoms with van der Waals surface area (Å²) in [6, 6.07) is 18.4. The summed E-state index contributed by atoms with van der Waals surface area (Å²) >= 11 is 0. The first-order valence-electron chi connectivity index (χ1n) is 8.98. The van der Waals surface area contributed by atoms with Crippen LogP contribution in [0.1, 0.15) is 31.2 Å². The molecule has 1 unspecified atom stereocenters. The van der Waals surface area contributed by atoms with Crippen molar-refractivity contribution in [3.63, 3.8) is 0 Å². The molecule has 3 N–H and O–H groups in total. The fourth-order valence-corrected chi connectivity index (χ4v) is 3.77. The molecule has 1 atom stereocenters. The highest BCUT2D eigenvalue weighted by atomic mass is 16.5. The molecule has 1 fully saturated rings. The summed E-state index contributed by atoms with van der Waals surface area (Å²) in [6.07, 6.45) is 1.88. The molecular formula is C21H25N3O2. The van der Waals surface area contributed by atoms with Crippen LogP contribution >= 0.6 is 0 Å². The molecular weight excluding hydrogens is 326 g/mol. The highest BCUT2D eigenvalue weighted by Crippen LogP contribution is 2.30. The Labute approximate surface area is 154 Å². The van der Waals surface area contributed by atoms with E-state index in [4.69, 9.17) is 10.6 Å². The van der Waals surface area contributed by atoms with E-state index in [0.29, 0.717) is 5.92 Å². The Morgan fingerprint density at radius 3 is 2.19 bits per heavy atom. The van der Waals surface area contributed by atoms with Crippen LogP contribution < -0.4 is 5.48 Å². The Bertz CT molecular complexity index is 751. The Balaban J connectivity index is 1.65. The van der Waals surface area contributed by atoms with Crippen LogP contribution in [0.25, 0.3) is 11.1 Å². The first-order valence-corrected chi connectivity index (χ1v) is 8.98. The lowest BCUT2D eigenvalue weighted by molar-refractivity contribution is -0.132. The van der Waals surface area contributed by atoms with Crippen molar-refractivity contribution in [1.82, 2.24) is 10.4 Å². The Hall–Kier alpha value is -2.50. The molecule has 1 heterocycles. The number of carbonyl (C=O) groups is 1. The van der Waals surface area contributed by atoms with Crippen LogP contribution in [0.15, 0.2) is 54.6 Å². The number of hydrogen-bond donors (Lipinski definition) is 3. The van der Waals surface area contributed by atoms with Gasteiger partial charge in [0.2, 0.25) is 0 Å². The van der Waals surface area contributed by atoms with E-state index >= 15 is 0 Å². The molecule has 3 rings (SSSR count). The number of hydroxylamine groups is 1. The van der Waals surface area contributed by atoms with Crippen LogP contribution in [-0.2, 0) is 4.79 Å². The molecule has 2 aromatic carbocycles. The Morgan fingerprint density at radius 2 is 1.65 bits per heavy atom. The molecule has 2 aromatic rings. The monoisotopic (exact) mass is 351 g/mol. The predicted octanol–water partition coefficient (Wildman–Crippen LogP) is 3.45. The summed E-state index contributed by atoms with van der Waals surface area (Å²) in [5.41, 5.74) is 5.69. The molecule has 0 radical (unpaired) electrons. The van der Waals surface area contributed by atoms with E-state index < -0.39 is 11.9 Å². The lowest BCUT2D eigenvalue weighted by Gasteiger charge is -2.36. The maximum Gasteiger partial charge on any atom is 0.266 e. The van der Waals surface area contributed by atoms with Crippen LogP contribution in [0.2, 0.25) is 0 Å². The van der Waals surface area contributed by atoms with Crippen molar-refractivity contribution in [3.05, 3.63) is 60.2 Å². The van der Waals surface area contributed by atoms with Crippen LogP contribution in [0.4, 0.5) is 0 Å². The standard InChI is InChI=1S/C21H25N3O2/c1-15(22)20(21(25)23-26)24-13-11-19(12-14-24)18-9-7-17(8-10-18)16-5-3-2-4-6-16/h2-10,19-20,22,26H,11-14H2,1H3,(H,23,25). The molecule has 26 heavy (non-hydrogen) atoms. The lowest BCUT2D eigenvalue weighted by atomic mass is 9.87. The van der Waals surface area contributed by atoms with Crippen molar-refractivity contribution >= 4 is 11.6 Å². The fraction of sp³-hybridized carbons (Fsp3) is 0.333. The van der Waals surface area contributed by atoms with Gasteiger partial charge in [-0.15, -0.1) is 0 Å². The average Bonchev–Trinajstić information content (AvgIpc) is 2.69. The van der Waals surface area contributed by atoms with Gasteiger partial charge in [-0.1, -0.05) is 54.6 Å². The summed E-state index contributed by atoms with van der Waals surface area (Å²) in [5.74, 6) is -0.0666. The number of carbonyl (C=O) groups excluding carboxylic acids is 1. The summed E-state index contributed by atoms with van der Waals surface area (Å²) in [4.78, 5) is 13.8. The van der Waals surface area contributed by atoms with Crippen molar-refractivity contribution in [2.45, 2.75) is 31.7 Å². The average molecular weight is 351 g/mol. The van der Waals surface area contributed by atoms with Crippen LogP contribution in [-0.4, -0.2) is 40.9 Å². The van der Waals surface area contributed by atoms with Gasteiger partial charge in [0.15, 0.2) is 0 Å². The third-order valence-corrected chi connectivity index (χ3v) is 5.15. The number of likely N-dealkylation sites (tertiary alicyclic amines) is 1. The van der Waals surface area contributed by atoms with E-state index in [-0.39, 0.29) is 5.71 Å². The zero-order valence-electron chi connectivity index (χ0n) is 15.0. The van der Waals surface area contributed by atoms with E-state index in [1.807, 2.05) is 23.1 Å². The zero-order valence-corrected chi connectivity index (χ0v) is 15.0. The molecule has 0 saturated carbocycles. The van der Waals surface area contributed by atoms with Gasteiger partial charge in [0.05, 0.1) is 0 Å². The number of piperidine rings is 1. The first-order chi connectivity index (χ1) is 12.6. The lowest BCUT2D eigenvalue weighted by Crippen LogP contribution is -2.52. The summed E-state index contributed by atoms with van der Waals surface area (Å²) in [5, 5.41) is 16.7. The van der Waals surface area contributed by atoms with E-state index in [1.165, 1.54) is 16.7 Å². The maximum atomic E-state index is 11.8. The van der Waals surface area contributed by atoms with Crippen LogP contribution in [0.3, 0.4) is 0 Å². The molecule has 0 aliphatic carbocycles. The third kappa shape index (κ3) is 4.00. The second-order valence-corrected chi connectivity index (χ2v) is 6.86. The number of hydrogen-bond acceptors (Lipinski definition) is 4. The van der Waals surface area contributed by atoms with Gasteiger partial charge in [0.25, 0.3) is 5.91 Å². The fourth-order valence-electron chi connectivity index (χ4n) is 3.77. The minimum Gasteiger partial charge on any atom is -0.308 e. The largest absolute Gasteiger partial charge is 0.308 e. The summed E-state index contributed by atoms with van der Waals surface area (Å²) < 4.78 is 0. The molecule has 5 nitrogen and oxygen atoms in total. The van der Waals surface area contributed by atoms with Gasteiger partial charge in [0, 0.05) is 5.71 Å². The van der Waals surface area contributed by atoms with E-state index in [1.54, 1.807) is 12.4 Å². The van der Waals surface area contributed by atoms with E-state index in [9.17, 15) is 4.79 Å². The highest BCUT2D eigenvalue weighted by molar-refractivity contribution is 6.05. The van der Waals surface area contributed by atoms with E-state index in [2.05, 4.69) is 36.4 Å². The van der Waals surface area contributed by atoms with Crippen molar-refractivity contribution < 1.29 is 10.0 Å². The molecule has 1 aliphatic heterocycles. The minimum absolute atomic E-state index is 0.252. The van der Waals surface area contributed by atoms with Crippen molar-refractivity contribution in [3.8, 4) is 11.1 Å². The molecule has 0 aromatic heterocycles. The molecule has 1 saturated heterocycles. The number of nitrogens with zero attached hydrogens (tertiary/aromatic N) is 1. The van der Waals surface area contributed by atoms with E-state index in [0.717, 1.165) is 25.9 Å². The second kappa shape index (κ2) is 8.25. The van der Waals surface area contributed by atoms with Gasteiger partial charge in [-0.3, -0.25) is 14.9 Å². The van der Waals surface area contributed by atoms with Crippen molar-refractivity contribution in [2.24, 2.45) is 0 Å². The smallest absolute Gasteiger partial charge is 0.266 e. The molecule has 1 aliphatic rings. The number of benzene rings is 2. The summed E-state index contributed by atoms with van der Waals surface area (Å²) in [6.45, 7) is 3.08. The Morgan fingerprint density at radius 1 is 1.08 bits per heavy atom. The number of amides is 1. The van der Waals surface area contributed by atoms with Gasteiger partial charge in [-0.25, -0.2) is 5.48 Å². The van der Waals surface area contributed by atoms with Gasteiger partial charge in [-0.05, 0) is 55.5 Å². The van der Waals surface area contributed by atoms with Crippen molar-refractivity contribution in [2.75, 3.05) is 13.1 Å². The highest BCUT2D eigenvalue weighted by Gasteiger charge is 2.31. The second-order valence-electron chi connectivity index (χ2n) is 6.86. The topological polar surface area (TPSA) is 76.4 Å². The van der Waals surface area contributed by atoms with Crippen LogP contribution in [0, 0.1) is 5.41 Å². The molecule has 5 heteroatoms. The van der Waals surface area contributed by atoms with Gasteiger partial charge in [-0.2, -0.15) is 0 Å². The first kappa shape index (κ1) is 18.3. The van der Waals surface area contributed by atoms with Crippen LogP contribution in [0.5, 0.6) is 0 Å². The number of nitrogens with one attached hydrogen (secondary N) is 2. The minimum atomic E-state index is -0.679. The molecule has 0 bridgehead atoms. The molecule has 0 spiro atoms. The maximum absolute atomic E-state index is 11.8. The third-order valence-electron chi connectivity index (χ3n) is 5.15. The quantitative estimate of drug-likeness (QED) is 0.439.